The van der Waals surface area contributed by atoms with E-state index in [0.29, 0.717) is 16.1 Å². The van der Waals surface area contributed by atoms with Crippen LogP contribution >= 0.6 is 15.9 Å². The summed E-state index contributed by atoms with van der Waals surface area (Å²) in [4.78, 5) is 0. The molecule has 0 unspecified atom stereocenters. The van der Waals surface area contributed by atoms with Crippen LogP contribution in [0.25, 0.3) is 0 Å². The molecule has 0 fully saturated rings. The van der Waals surface area contributed by atoms with Crippen LogP contribution in [0.15, 0.2) is 22.7 Å². The largest absolute Gasteiger partial charge is 0.437 e. The Bertz CT molecular complexity index is 619. The highest BCUT2D eigenvalue weighted by Gasteiger charge is 2.12. The van der Waals surface area contributed by atoms with Crippen LogP contribution in [0.2, 0.25) is 0 Å². The van der Waals surface area contributed by atoms with Gasteiger partial charge in [0.05, 0.1) is 10.2 Å². The molecule has 1 heterocycles. The smallest absolute Gasteiger partial charge is 0.243 e. The standard InChI is InChI=1S/C13H13BrFN3O/c1-7-8(2)17-18-13(10(7)6-16)19-9-3-4-11(14)12(15)5-9/h3-5H,6,16H2,1-2H3. The summed E-state index contributed by atoms with van der Waals surface area (Å²) < 4.78 is 19.4. The first-order valence-corrected chi connectivity index (χ1v) is 6.48. The van der Waals surface area contributed by atoms with Gasteiger partial charge in [0.25, 0.3) is 0 Å². The molecular formula is C13H13BrFN3O. The summed E-state index contributed by atoms with van der Waals surface area (Å²) in [6.07, 6.45) is 0. The number of halogens is 2. The van der Waals surface area contributed by atoms with Crippen molar-refractivity contribution in [3.8, 4) is 11.6 Å². The normalized spacial score (nSPS) is 10.6. The zero-order chi connectivity index (χ0) is 14.0. The fourth-order valence-corrected chi connectivity index (χ4v) is 1.86. The minimum Gasteiger partial charge on any atom is -0.437 e. The average Bonchev–Trinajstić information content (AvgIpc) is 2.39. The number of aromatic nitrogens is 2. The van der Waals surface area contributed by atoms with E-state index < -0.39 is 5.82 Å². The lowest BCUT2D eigenvalue weighted by molar-refractivity contribution is 0.442. The van der Waals surface area contributed by atoms with Gasteiger partial charge in [0.2, 0.25) is 5.88 Å². The summed E-state index contributed by atoms with van der Waals surface area (Å²) in [5.41, 5.74) is 8.21. The molecule has 0 saturated carbocycles. The van der Waals surface area contributed by atoms with Crippen molar-refractivity contribution in [1.29, 1.82) is 0 Å². The summed E-state index contributed by atoms with van der Waals surface area (Å²) >= 11 is 3.09. The number of nitrogens with zero attached hydrogens (tertiary/aromatic N) is 2. The third-order valence-corrected chi connectivity index (χ3v) is 3.50. The number of ether oxygens (including phenoxy) is 1. The Kier molecular flexibility index (Phi) is 4.11. The van der Waals surface area contributed by atoms with Gasteiger partial charge in [-0.1, -0.05) is 0 Å². The molecule has 100 valence electrons. The third-order valence-electron chi connectivity index (χ3n) is 2.85. The van der Waals surface area contributed by atoms with E-state index in [9.17, 15) is 4.39 Å². The fourth-order valence-electron chi connectivity index (χ4n) is 1.61. The van der Waals surface area contributed by atoms with Crippen molar-refractivity contribution in [1.82, 2.24) is 10.2 Å². The predicted octanol–water partition coefficient (Wildman–Crippen LogP) is 3.25. The molecule has 0 saturated heterocycles. The maximum atomic E-state index is 13.4. The number of hydrogen-bond donors (Lipinski definition) is 1. The Hall–Kier alpha value is -1.53. The van der Waals surface area contributed by atoms with Gasteiger partial charge in [0.15, 0.2) is 0 Å². The van der Waals surface area contributed by atoms with Crippen molar-refractivity contribution in [3.63, 3.8) is 0 Å². The lowest BCUT2D eigenvalue weighted by Gasteiger charge is -2.12. The van der Waals surface area contributed by atoms with Crippen molar-refractivity contribution in [2.24, 2.45) is 5.73 Å². The van der Waals surface area contributed by atoms with Crippen molar-refractivity contribution < 1.29 is 9.13 Å². The van der Waals surface area contributed by atoms with Crippen LogP contribution in [0, 0.1) is 19.7 Å². The van der Waals surface area contributed by atoms with Crippen molar-refractivity contribution >= 4 is 15.9 Å². The molecule has 4 nitrogen and oxygen atoms in total. The van der Waals surface area contributed by atoms with Gasteiger partial charge in [0.1, 0.15) is 11.6 Å². The monoisotopic (exact) mass is 325 g/mol. The van der Waals surface area contributed by atoms with Gasteiger partial charge in [-0.05, 0) is 47.5 Å². The summed E-state index contributed by atoms with van der Waals surface area (Å²) in [6.45, 7) is 4.04. The first kappa shape index (κ1) is 13.9. The molecule has 0 spiro atoms. The minimum absolute atomic E-state index is 0.288. The Balaban J connectivity index is 2.38. The lowest BCUT2D eigenvalue weighted by Crippen LogP contribution is -2.07. The fraction of sp³-hybridized carbons (Fsp3) is 0.231. The van der Waals surface area contributed by atoms with Crippen LogP contribution in [-0.4, -0.2) is 10.2 Å². The van der Waals surface area contributed by atoms with Gasteiger partial charge in [-0.3, -0.25) is 0 Å². The Labute approximate surface area is 118 Å². The van der Waals surface area contributed by atoms with Gasteiger partial charge in [-0.2, -0.15) is 5.10 Å². The molecule has 0 bridgehead atoms. The van der Waals surface area contributed by atoms with Crippen molar-refractivity contribution in [2.75, 3.05) is 0 Å². The van der Waals surface area contributed by atoms with Gasteiger partial charge in [-0.25, -0.2) is 4.39 Å². The molecule has 2 rings (SSSR count). The maximum absolute atomic E-state index is 13.4. The number of benzene rings is 1. The second kappa shape index (κ2) is 5.63. The number of nitrogens with two attached hydrogens (primary N) is 1. The maximum Gasteiger partial charge on any atom is 0.243 e. The highest BCUT2D eigenvalue weighted by atomic mass is 79.9. The number of aryl methyl sites for hydroxylation is 1. The van der Waals surface area contributed by atoms with Gasteiger partial charge in [-0.15, -0.1) is 5.10 Å². The van der Waals surface area contributed by atoms with E-state index in [4.69, 9.17) is 10.5 Å². The molecule has 0 amide bonds. The molecule has 6 heteroatoms. The Morgan fingerprint density at radius 3 is 2.68 bits per heavy atom. The minimum atomic E-state index is -0.399. The summed E-state index contributed by atoms with van der Waals surface area (Å²) in [5, 5.41) is 7.96. The molecule has 2 aromatic rings. The van der Waals surface area contributed by atoms with E-state index >= 15 is 0 Å². The third kappa shape index (κ3) is 2.90. The summed E-state index contributed by atoms with van der Waals surface area (Å²) in [6, 6.07) is 4.49. The topological polar surface area (TPSA) is 61.0 Å². The molecule has 1 aromatic carbocycles. The van der Waals surface area contributed by atoms with Crippen LogP contribution in [0.3, 0.4) is 0 Å². The molecular weight excluding hydrogens is 313 g/mol. The first-order valence-electron chi connectivity index (χ1n) is 5.68. The summed E-state index contributed by atoms with van der Waals surface area (Å²) in [5.74, 6) is 0.267. The first-order chi connectivity index (χ1) is 9.02. The molecule has 2 N–H and O–H groups in total. The van der Waals surface area contributed by atoms with Gasteiger partial charge >= 0.3 is 0 Å². The van der Waals surface area contributed by atoms with Crippen LogP contribution in [-0.2, 0) is 6.54 Å². The van der Waals surface area contributed by atoms with E-state index in [1.165, 1.54) is 6.07 Å². The van der Waals surface area contributed by atoms with E-state index in [-0.39, 0.29) is 6.54 Å². The van der Waals surface area contributed by atoms with E-state index in [1.807, 2.05) is 13.8 Å². The quantitative estimate of drug-likeness (QED) is 0.941. The van der Waals surface area contributed by atoms with E-state index in [1.54, 1.807) is 12.1 Å². The molecule has 1 aromatic heterocycles. The Morgan fingerprint density at radius 2 is 2.05 bits per heavy atom. The molecule has 0 atom stereocenters. The van der Waals surface area contributed by atoms with Crippen molar-refractivity contribution in [2.45, 2.75) is 20.4 Å². The predicted molar refractivity (Wildman–Crippen MR) is 73.6 cm³/mol. The second-order valence-electron chi connectivity index (χ2n) is 4.08. The van der Waals surface area contributed by atoms with Gasteiger partial charge < -0.3 is 10.5 Å². The van der Waals surface area contributed by atoms with Crippen LogP contribution in [0.4, 0.5) is 4.39 Å². The van der Waals surface area contributed by atoms with Gasteiger partial charge in [0, 0.05) is 18.2 Å². The average molecular weight is 326 g/mol. The zero-order valence-electron chi connectivity index (χ0n) is 10.6. The highest BCUT2D eigenvalue weighted by Crippen LogP contribution is 2.28. The number of rotatable bonds is 3. The van der Waals surface area contributed by atoms with E-state index in [2.05, 4.69) is 26.1 Å². The number of hydrogen-bond acceptors (Lipinski definition) is 4. The molecule has 19 heavy (non-hydrogen) atoms. The lowest BCUT2D eigenvalue weighted by atomic mass is 10.1. The molecule has 0 radical (unpaired) electrons. The SMILES string of the molecule is Cc1nnc(Oc2ccc(Br)c(F)c2)c(CN)c1C. The van der Waals surface area contributed by atoms with E-state index in [0.717, 1.165) is 16.8 Å². The van der Waals surface area contributed by atoms with Crippen LogP contribution in [0.1, 0.15) is 16.8 Å². The van der Waals surface area contributed by atoms with Crippen LogP contribution < -0.4 is 10.5 Å². The summed E-state index contributed by atoms with van der Waals surface area (Å²) in [7, 11) is 0. The Morgan fingerprint density at radius 1 is 1.32 bits per heavy atom. The van der Waals surface area contributed by atoms with Crippen molar-refractivity contribution in [3.05, 3.63) is 45.3 Å². The molecule has 0 aliphatic rings. The molecule has 0 aliphatic carbocycles. The second-order valence-corrected chi connectivity index (χ2v) is 4.93. The molecule has 0 aliphatic heterocycles. The zero-order valence-corrected chi connectivity index (χ0v) is 12.2. The van der Waals surface area contributed by atoms with Crippen LogP contribution in [0.5, 0.6) is 11.6 Å². The highest BCUT2D eigenvalue weighted by molar-refractivity contribution is 9.10.